The first kappa shape index (κ1) is 30.2. The Labute approximate surface area is 252 Å². The fourth-order valence-corrected chi connectivity index (χ4v) is 6.06. The molecule has 0 aliphatic heterocycles. The van der Waals surface area contributed by atoms with Crippen LogP contribution in [-0.2, 0) is 11.8 Å². The van der Waals surface area contributed by atoms with Gasteiger partial charge in [-0.15, -0.1) is 11.3 Å². The van der Waals surface area contributed by atoms with Gasteiger partial charge in [0.05, 0.1) is 39.6 Å². The molecule has 1 unspecified atom stereocenters. The molecule has 3 N–H and O–H groups in total. The van der Waals surface area contributed by atoms with Crippen molar-refractivity contribution < 1.29 is 28.6 Å². The number of thiophene rings is 1. The van der Waals surface area contributed by atoms with E-state index in [0.29, 0.717) is 27.5 Å². The van der Waals surface area contributed by atoms with Gasteiger partial charge in [0.15, 0.2) is 11.6 Å². The van der Waals surface area contributed by atoms with Crippen LogP contribution in [0, 0.1) is 11.2 Å². The first-order chi connectivity index (χ1) is 20.5. The van der Waals surface area contributed by atoms with Gasteiger partial charge >= 0.3 is 12.1 Å². The number of nitrogens with zero attached hydrogens (tertiary/aromatic N) is 4. The number of carbonyl (C=O) groups is 2. The number of imidazole rings is 1. The van der Waals surface area contributed by atoms with Crippen molar-refractivity contribution in [3.63, 3.8) is 0 Å². The van der Waals surface area contributed by atoms with E-state index in [-0.39, 0.29) is 31.0 Å². The van der Waals surface area contributed by atoms with Crippen LogP contribution in [0.4, 0.5) is 19.7 Å². The molecule has 3 amide bonds. The molecule has 1 aliphatic carbocycles. The number of aromatic nitrogens is 3. The molecular formula is C30H35FN6O5S. The lowest BCUT2D eigenvalue weighted by Gasteiger charge is -2.38. The first-order valence-electron chi connectivity index (χ1n) is 13.9. The minimum atomic E-state index is -1.04. The van der Waals surface area contributed by atoms with Gasteiger partial charge in [-0.1, -0.05) is 20.8 Å². The van der Waals surface area contributed by atoms with Gasteiger partial charge in [-0.2, -0.15) is 0 Å². The maximum atomic E-state index is 15.0. The average molecular weight is 611 g/mol. The number of hydrogen-bond donors (Lipinski definition) is 3. The average Bonchev–Trinajstić information content (AvgIpc) is 3.50. The summed E-state index contributed by atoms with van der Waals surface area (Å²) in [5.41, 5.74) is 1.28. The molecule has 1 aliphatic rings. The Morgan fingerprint density at radius 1 is 1.21 bits per heavy atom. The zero-order valence-electron chi connectivity index (χ0n) is 24.7. The molecule has 3 aromatic heterocycles. The lowest BCUT2D eigenvalue weighted by molar-refractivity contribution is 0.0585. The quantitative estimate of drug-likeness (QED) is 0.184. The van der Waals surface area contributed by atoms with Crippen LogP contribution >= 0.6 is 11.3 Å². The molecule has 0 saturated heterocycles. The van der Waals surface area contributed by atoms with Crippen LogP contribution in [0.3, 0.4) is 0 Å². The second-order valence-electron chi connectivity index (χ2n) is 11.6. The third kappa shape index (κ3) is 6.73. The Kier molecular flexibility index (Phi) is 8.56. The zero-order valence-corrected chi connectivity index (χ0v) is 25.5. The number of nitrogens with one attached hydrogen (secondary N) is 2. The topological polar surface area (TPSA) is 131 Å². The summed E-state index contributed by atoms with van der Waals surface area (Å²) in [6.45, 7) is 6.45. The smallest absolute Gasteiger partial charge is 0.407 e. The molecule has 1 fully saturated rings. The van der Waals surface area contributed by atoms with E-state index in [4.69, 9.17) is 9.47 Å². The van der Waals surface area contributed by atoms with Crippen molar-refractivity contribution in [3.8, 4) is 22.2 Å². The third-order valence-electron chi connectivity index (χ3n) is 7.14. The monoisotopic (exact) mass is 610 g/mol. The molecule has 5 rings (SSSR count). The summed E-state index contributed by atoms with van der Waals surface area (Å²) in [4.78, 5) is 35.6. The van der Waals surface area contributed by atoms with E-state index >= 15 is 0 Å². The number of urea groups is 1. The molecule has 1 atom stereocenters. The summed E-state index contributed by atoms with van der Waals surface area (Å²) in [6.07, 6.45) is 4.17. The maximum Gasteiger partial charge on any atom is 0.407 e. The van der Waals surface area contributed by atoms with Gasteiger partial charge in [-0.25, -0.2) is 19.0 Å². The van der Waals surface area contributed by atoms with Gasteiger partial charge in [0.25, 0.3) is 0 Å². The molecule has 11 nitrogen and oxygen atoms in total. The molecule has 0 bridgehead atoms. The largest absolute Gasteiger partial charge is 0.465 e. The molecular weight excluding hydrogens is 575 g/mol. The van der Waals surface area contributed by atoms with Crippen molar-refractivity contribution >= 4 is 39.4 Å². The minimum Gasteiger partial charge on any atom is -0.465 e. The van der Waals surface area contributed by atoms with E-state index in [2.05, 4.69) is 20.6 Å². The summed E-state index contributed by atoms with van der Waals surface area (Å²) in [6, 6.07) is 7.15. The molecule has 228 valence electrons. The van der Waals surface area contributed by atoms with Crippen LogP contribution in [0.5, 0.6) is 11.5 Å². The summed E-state index contributed by atoms with van der Waals surface area (Å²) >= 11 is 1.39. The highest BCUT2D eigenvalue weighted by molar-refractivity contribution is 7.22. The number of halogens is 1. The van der Waals surface area contributed by atoms with E-state index < -0.39 is 23.4 Å². The maximum absolute atomic E-state index is 15.0. The summed E-state index contributed by atoms with van der Waals surface area (Å²) in [5.74, 6) is 0.449. The third-order valence-corrected chi connectivity index (χ3v) is 8.27. The number of hydrogen-bond acceptors (Lipinski definition) is 7. The fourth-order valence-electron chi connectivity index (χ4n) is 4.97. The number of fused-ring (bicyclic) bond motifs is 1. The predicted molar refractivity (Wildman–Crippen MR) is 162 cm³/mol. The van der Waals surface area contributed by atoms with Crippen LogP contribution in [0.15, 0.2) is 42.7 Å². The predicted octanol–water partition coefficient (Wildman–Crippen LogP) is 6.63. The summed E-state index contributed by atoms with van der Waals surface area (Å²) in [7, 11) is 3.40. The number of ether oxygens (including phenoxy) is 2. The standard InChI is InChI=1S/C30H35FN6O5S/c1-30(2,3)26(37(29(39)40)12-13-41-5)21-16-33-27(36(21)4)24-15-20-25(43-24)23(10-11-32-20)42-22-9-8-18(14-19(22)31)35-28(38)34-17-6-7-17/h8-11,14-17,26H,6-7,12-13H2,1-5H3,(H,39,40)(H2,34,35,38). The van der Waals surface area contributed by atoms with Gasteiger partial charge in [-0.3, -0.25) is 9.88 Å². The highest BCUT2D eigenvalue weighted by Crippen LogP contribution is 2.42. The molecule has 3 heterocycles. The fraction of sp³-hybridized carbons (Fsp3) is 0.400. The Morgan fingerprint density at radius 2 is 1.98 bits per heavy atom. The van der Waals surface area contributed by atoms with Crippen LogP contribution in [0.25, 0.3) is 20.9 Å². The molecule has 4 aromatic rings. The summed E-state index contributed by atoms with van der Waals surface area (Å²) < 4.78 is 28.7. The SMILES string of the molecule is COCCN(C(=O)O)C(c1cnc(-c2cc3nccc(Oc4ccc(NC(=O)NC5CC5)cc4F)c3s2)n1C)C(C)(C)C. The van der Waals surface area contributed by atoms with Crippen molar-refractivity contribution in [1.29, 1.82) is 0 Å². The van der Waals surface area contributed by atoms with Crippen molar-refractivity contribution in [1.82, 2.24) is 24.8 Å². The van der Waals surface area contributed by atoms with Crippen LogP contribution in [0.2, 0.25) is 0 Å². The Morgan fingerprint density at radius 3 is 2.63 bits per heavy atom. The van der Waals surface area contributed by atoms with Crippen molar-refractivity contribution in [2.24, 2.45) is 12.5 Å². The Bertz CT molecular complexity index is 1640. The number of amides is 3. The minimum absolute atomic E-state index is 0.00715. The van der Waals surface area contributed by atoms with E-state index in [0.717, 1.165) is 23.4 Å². The molecule has 1 aromatic carbocycles. The van der Waals surface area contributed by atoms with E-state index in [1.807, 2.05) is 38.5 Å². The second kappa shape index (κ2) is 12.2. The van der Waals surface area contributed by atoms with Gasteiger partial charge in [0.1, 0.15) is 11.6 Å². The normalized spacial score (nSPS) is 14.0. The Hall–Kier alpha value is -4.23. The van der Waals surface area contributed by atoms with E-state index in [9.17, 15) is 19.1 Å². The molecule has 43 heavy (non-hydrogen) atoms. The van der Waals surface area contributed by atoms with Gasteiger partial charge in [0, 0.05) is 50.8 Å². The van der Waals surface area contributed by atoms with Gasteiger partial charge in [-0.05, 0) is 36.5 Å². The lowest BCUT2D eigenvalue weighted by atomic mass is 9.83. The number of carbonyl (C=O) groups excluding carboxylic acids is 1. The first-order valence-corrected chi connectivity index (χ1v) is 14.7. The Balaban J connectivity index is 1.42. The van der Waals surface area contributed by atoms with Crippen LogP contribution in [-0.4, -0.2) is 63.0 Å². The molecule has 0 spiro atoms. The van der Waals surface area contributed by atoms with Crippen molar-refractivity contribution in [2.45, 2.75) is 45.7 Å². The number of rotatable bonds is 10. The number of methoxy groups -OCH3 is 1. The van der Waals surface area contributed by atoms with E-state index in [1.54, 1.807) is 31.6 Å². The van der Waals surface area contributed by atoms with Crippen LogP contribution < -0.4 is 15.4 Å². The van der Waals surface area contributed by atoms with Gasteiger partial charge < -0.3 is 29.8 Å². The number of carboxylic acid groups (broad SMARTS) is 1. The van der Waals surface area contributed by atoms with E-state index in [1.165, 1.54) is 28.4 Å². The number of pyridine rings is 1. The van der Waals surface area contributed by atoms with Crippen LogP contribution in [0.1, 0.15) is 45.3 Å². The molecule has 13 heteroatoms. The zero-order chi connectivity index (χ0) is 30.9. The van der Waals surface area contributed by atoms with Crippen molar-refractivity contribution in [3.05, 3.63) is 54.2 Å². The van der Waals surface area contributed by atoms with Crippen molar-refractivity contribution in [2.75, 3.05) is 25.6 Å². The molecule has 1 saturated carbocycles. The lowest BCUT2D eigenvalue weighted by Crippen LogP contribution is -2.43. The summed E-state index contributed by atoms with van der Waals surface area (Å²) in [5, 5.41) is 15.5. The number of benzene rings is 1. The highest BCUT2D eigenvalue weighted by atomic mass is 32.1. The second-order valence-corrected chi connectivity index (χ2v) is 12.6. The number of anilines is 1. The highest BCUT2D eigenvalue weighted by Gasteiger charge is 2.37. The molecule has 0 radical (unpaired) electrons. The van der Waals surface area contributed by atoms with Gasteiger partial charge in [0.2, 0.25) is 0 Å².